The van der Waals surface area contributed by atoms with E-state index < -0.39 is 0 Å². The second-order valence-electron chi connectivity index (χ2n) is 5.79. The van der Waals surface area contributed by atoms with E-state index >= 15 is 0 Å². The van der Waals surface area contributed by atoms with Crippen molar-refractivity contribution in [2.75, 3.05) is 5.32 Å². The summed E-state index contributed by atoms with van der Waals surface area (Å²) in [5.41, 5.74) is 2.53. The van der Waals surface area contributed by atoms with Crippen LogP contribution in [0.5, 0.6) is 5.75 Å². The minimum absolute atomic E-state index is 0.0167. The molecule has 0 atom stereocenters. The number of hydrogen-bond donors (Lipinski definition) is 1. The van der Waals surface area contributed by atoms with E-state index in [0.29, 0.717) is 11.4 Å². The Morgan fingerprint density at radius 3 is 2.32 bits per heavy atom. The number of carbonyl (C=O) groups excluding carboxylic acids is 1. The summed E-state index contributed by atoms with van der Waals surface area (Å²) in [6.45, 7) is 3.87. The van der Waals surface area contributed by atoms with Crippen LogP contribution in [0.2, 0.25) is 0 Å². The third-order valence-electron chi connectivity index (χ3n) is 3.46. The van der Waals surface area contributed by atoms with Gasteiger partial charge in [-0.1, -0.05) is 42.5 Å². The van der Waals surface area contributed by atoms with Gasteiger partial charge in [0.2, 0.25) is 0 Å². The zero-order valence-corrected chi connectivity index (χ0v) is 14.1. The zero-order valence-electron chi connectivity index (χ0n) is 14.1. The fraction of sp³-hybridized carbons (Fsp3) is 0.150. The van der Waals surface area contributed by atoms with Gasteiger partial charge in [0.05, 0.1) is 17.5 Å². The van der Waals surface area contributed by atoms with Crippen LogP contribution < -0.4 is 10.1 Å². The third-order valence-corrected chi connectivity index (χ3v) is 3.46. The second kappa shape index (κ2) is 7.57. The first-order valence-electron chi connectivity index (χ1n) is 8.09. The number of ether oxygens (including phenoxy) is 1. The minimum atomic E-state index is -0.327. The van der Waals surface area contributed by atoms with Gasteiger partial charge in [0, 0.05) is 5.56 Å². The summed E-state index contributed by atoms with van der Waals surface area (Å²) < 4.78 is 5.71. The van der Waals surface area contributed by atoms with Crippen molar-refractivity contribution in [1.29, 1.82) is 0 Å². The van der Waals surface area contributed by atoms with E-state index in [4.69, 9.17) is 4.74 Å². The minimum Gasteiger partial charge on any atom is -0.489 e. The van der Waals surface area contributed by atoms with Crippen LogP contribution in [0.25, 0.3) is 11.3 Å². The lowest BCUT2D eigenvalue weighted by atomic mass is 10.1. The molecule has 1 amide bonds. The number of para-hydroxylation sites is 2. The fourth-order valence-electron chi connectivity index (χ4n) is 2.33. The van der Waals surface area contributed by atoms with Crippen molar-refractivity contribution >= 4 is 11.6 Å². The monoisotopic (exact) mass is 333 g/mol. The van der Waals surface area contributed by atoms with Crippen LogP contribution in [-0.2, 0) is 0 Å². The molecule has 0 aliphatic carbocycles. The van der Waals surface area contributed by atoms with Crippen LogP contribution in [0.3, 0.4) is 0 Å². The van der Waals surface area contributed by atoms with E-state index in [1.165, 1.54) is 0 Å². The molecule has 0 aliphatic rings. The third kappa shape index (κ3) is 4.20. The Balaban J connectivity index is 1.76. The number of hydrogen-bond acceptors (Lipinski definition) is 4. The molecule has 1 aromatic heterocycles. The van der Waals surface area contributed by atoms with Gasteiger partial charge in [0.15, 0.2) is 5.69 Å². The van der Waals surface area contributed by atoms with Crippen LogP contribution in [0.15, 0.2) is 66.7 Å². The number of anilines is 1. The maximum atomic E-state index is 12.4. The molecule has 5 nitrogen and oxygen atoms in total. The highest BCUT2D eigenvalue weighted by Crippen LogP contribution is 2.25. The van der Waals surface area contributed by atoms with Gasteiger partial charge in [-0.05, 0) is 38.1 Å². The van der Waals surface area contributed by atoms with Crippen LogP contribution in [0.4, 0.5) is 5.69 Å². The molecule has 3 aromatic rings. The van der Waals surface area contributed by atoms with Crippen molar-refractivity contribution in [2.45, 2.75) is 20.0 Å². The molecule has 0 radical (unpaired) electrons. The Hall–Kier alpha value is -3.21. The summed E-state index contributed by atoms with van der Waals surface area (Å²) in [5.74, 6) is 0.298. The maximum absolute atomic E-state index is 12.4. The lowest BCUT2D eigenvalue weighted by Gasteiger charge is -2.14. The normalized spacial score (nSPS) is 10.5. The van der Waals surface area contributed by atoms with E-state index in [9.17, 15) is 4.79 Å². The highest BCUT2D eigenvalue weighted by Gasteiger charge is 2.12. The van der Waals surface area contributed by atoms with Crippen molar-refractivity contribution in [3.05, 3.63) is 72.4 Å². The standard InChI is InChI=1S/C20H19N3O2/c1-14(2)25-19-11-7-6-10-17(19)21-20(24)18-13-12-16(22-23-18)15-8-4-3-5-9-15/h3-14H,1-2H3,(H,21,24). The van der Waals surface area contributed by atoms with Gasteiger partial charge in [0.1, 0.15) is 5.75 Å². The number of amides is 1. The Kier molecular flexibility index (Phi) is 5.04. The summed E-state index contributed by atoms with van der Waals surface area (Å²) in [4.78, 5) is 12.4. The van der Waals surface area contributed by atoms with Gasteiger partial charge in [-0.15, -0.1) is 10.2 Å². The van der Waals surface area contributed by atoms with Gasteiger partial charge >= 0.3 is 0 Å². The van der Waals surface area contributed by atoms with Gasteiger partial charge in [-0.25, -0.2) is 0 Å². The fourth-order valence-corrected chi connectivity index (χ4v) is 2.33. The quantitative estimate of drug-likeness (QED) is 0.760. The smallest absolute Gasteiger partial charge is 0.276 e. The average molecular weight is 333 g/mol. The zero-order chi connectivity index (χ0) is 17.6. The topological polar surface area (TPSA) is 64.1 Å². The molecule has 1 heterocycles. The first-order chi connectivity index (χ1) is 12.1. The Morgan fingerprint density at radius 1 is 0.920 bits per heavy atom. The summed E-state index contributed by atoms with van der Waals surface area (Å²) in [7, 11) is 0. The number of benzene rings is 2. The molecule has 126 valence electrons. The number of nitrogens with one attached hydrogen (secondary N) is 1. The number of rotatable bonds is 5. The molecule has 5 heteroatoms. The SMILES string of the molecule is CC(C)Oc1ccccc1NC(=O)c1ccc(-c2ccccc2)nn1. The summed E-state index contributed by atoms with van der Waals surface area (Å²) in [6.07, 6.45) is 0.0167. The van der Waals surface area contributed by atoms with Crippen LogP contribution in [-0.4, -0.2) is 22.2 Å². The van der Waals surface area contributed by atoms with Crippen molar-refractivity contribution in [2.24, 2.45) is 0 Å². The maximum Gasteiger partial charge on any atom is 0.276 e. The molecule has 1 N–H and O–H groups in total. The Bertz CT molecular complexity index is 846. The Labute approximate surface area is 146 Å². The first kappa shape index (κ1) is 16.6. The van der Waals surface area contributed by atoms with Crippen LogP contribution in [0, 0.1) is 0 Å². The average Bonchev–Trinajstić information content (AvgIpc) is 2.64. The molecule has 3 rings (SSSR count). The van der Waals surface area contributed by atoms with Gasteiger partial charge in [-0.2, -0.15) is 0 Å². The first-order valence-corrected chi connectivity index (χ1v) is 8.09. The van der Waals surface area contributed by atoms with E-state index in [0.717, 1.165) is 11.3 Å². The predicted octanol–water partition coefficient (Wildman–Crippen LogP) is 4.18. The molecule has 0 fully saturated rings. The molecule has 0 aliphatic heterocycles. The number of nitrogens with zero attached hydrogens (tertiary/aromatic N) is 2. The van der Waals surface area contributed by atoms with Crippen LogP contribution >= 0.6 is 0 Å². The predicted molar refractivity (Wildman–Crippen MR) is 97.6 cm³/mol. The Morgan fingerprint density at radius 2 is 1.64 bits per heavy atom. The molecule has 0 saturated heterocycles. The van der Waals surface area contributed by atoms with Crippen molar-refractivity contribution in [3.63, 3.8) is 0 Å². The van der Waals surface area contributed by atoms with Gasteiger partial charge in [-0.3, -0.25) is 4.79 Å². The molecule has 25 heavy (non-hydrogen) atoms. The van der Waals surface area contributed by atoms with Gasteiger partial charge in [0.25, 0.3) is 5.91 Å². The van der Waals surface area contributed by atoms with Crippen LogP contribution in [0.1, 0.15) is 24.3 Å². The molecule has 2 aromatic carbocycles. The van der Waals surface area contributed by atoms with E-state index in [2.05, 4.69) is 15.5 Å². The van der Waals surface area contributed by atoms with E-state index in [1.54, 1.807) is 18.2 Å². The molecular formula is C20H19N3O2. The molecule has 0 saturated carbocycles. The highest BCUT2D eigenvalue weighted by molar-refractivity contribution is 6.03. The van der Waals surface area contributed by atoms with Gasteiger partial charge < -0.3 is 10.1 Å². The number of aromatic nitrogens is 2. The lowest BCUT2D eigenvalue weighted by Crippen LogP contribution is -2.16. The molecular weight excluding hydrogens is 314 g/mol. The number of carbonyl (C=O) groups is 1. The summed E-state index contributed by atoms with van der Waals surface area (Å²) in [5, 5.41) is 11.0. The van der Waals surface area contributed by atoms with Crippen molar-refractivity contribution < 1.29 is 9.53 Å². The van der Waals surface area contributed by atoms with E-state index in [1.807, 2.05) is 62.4 Å². The van der Waals surface area contributed by atoms with Crippen molar-refractivity contribution in [1.82, 2.24) is 10.2 Å². The van der Waals surface area contributed by atoms with E-state index in [-0.39, 0.29) is 17.7 Å². The summed E-state index contributed by atoms with van der Waals surface area (Å²) >= 11 is 0. The second-order valence-corrected chi connectivity index (χ2v) is 5.79. The molecule has 0 bridgehead atoms. The lowest BCUT2D eigenvalue weighted by molar-refractivity contribution is 0.102. The summed E-state index contributed by atoms with van der Waals surface area (Å²) in [6, 6.07) is 20.5. The molecule has 0 unspecified atom stereocenters. The highest BCUT2D eigenvalue weighted by atomic mass is 16.5. The molecule has 0 spiro atoms. The largest absolute Gasteiger partial charge is 0.489 e. The van der Waals surface area contributed by atoms with Crippen molar-refractivity contribution in [3.8, 4) is 17.0 Å².